The van der Waals surface area contributed by atoms with Gasteiger partial charge in [0.1, 0.15) is 0 Å². The zero-order chi connectivity index (χ0) is 21.3. The van der Waals surface area contributed by atoms with Crippen LogP contribution >= 0.6 is 22.9 Å². The van der Waals surface area contributed by atoms with Crippen LogP contribution in [0.2, 0.25) is 5.02 Å². The van der Waals surface area contributed by atoms with Gasteiger partial charge in [-0.15, -0.1) is 11.3 Å². The standard InChI is InChI=1S/C21H29ClN6OS/c1-3-18-14-25-19(30-18)8-9-24-21(23-2)26-15-20(29)28-12-10-27(11-13-28)17-6-4-16(22)5-7-17/h4-7,14H,3,8-13,15H2,1-2H3,(H2,23,24,26). The van der Waals surface area contributed by atoms with E-state index in [2.05, 4.69) is 32.4 Å². The van der Waals surface area contributed by atoms with E-state index in [1.807, 2.05) is 35.4 Å². The number of nitrogens with zero attached hydrogens (tertiary/aromatic N) is 4. The number of guanidine groups is 1. The normalized spacial score (nSPS) is 14.7. The number of carbonyl (C=O) groups is 1. The third kappa shape index (κ3) is 6.34. The van der Waals surface area contributed by atoms with Crippen molar-refractivity contribution in [2.24, 2.45) is 4.99 Å². The van der Waals surface area contributed by atoms with Gasteiger partial charge >= 0.3 is 0 Å². The summed E-state index contributed by atoms with van der Waals surface area (Å²) < 4.78 is 0. The summed E-state index contributed by atoms with van der Waals surface area (Å²) in [5.41, 5.74) is 1.14. The number of aryl methyl sites for hydroxylation is 1. The molecule has 1 fully saturated rings. The van der Waals surface area contributed by atoms with Gasteiger partial charge in [0.15, 0.2) is 5.96 Å². The van der Waals surface area contributed by atoms with Crippen LogP contribution in [0.1, 0.15) is 16.8 Å². The summed E-state index contributed by atoms with van der Waals surface area (Å²) in [7, 11) is 1.71. The Balaban J connectivity index is 1.37. The molecule has 0 spiro atoms. The monoisotopic (exact) mass is 448 g/mol. The van der Waals surface area contributed by atoms with Gasteiger partial charge in [0.05, 0.1) is 11.6 Å². The fraction of sp³-hybridized carbons (Fsp3) is 0.476. The molecular formula is C21H29ClN6OS. The second-order valence-corrected chi connectivity index (χ2v) is 8.66. The highest BCUT2D eigenvalue weighted by atomic mass is 35.5. The predicted octanol–water partition coefficient (Wildman–Crippen LogP) is 2.42. The molecule has 2 N–H and O–H groups in total. The van der Waals surface area contributed by atoms with Crippen molar-refractivity contribution in [2.45, 2.75) is 19.8 Å². The minimum absolute atomic E-state index is 0.0845. The second-order valence-electron chi connectivity index (χ2n) is 7.02. The van der Waals surface area contributed by atoms with Crippen LogP contribution in [0.3, 0.4) is 0 Å². The summed E-state index contributed by atoms with van der Waals surface area (Å²) in [6, 6.07) is 7.83. The number of hydrogen-bond donors (Lipinski definition) is 2. The number of piperazine rings is 1. The molecule has 1 aliphatic rings. The maximum absolute atomic E-state index is 12.6. The zero-order valence-electron chi connectivity index (χ0n) is 17.5. The Hall–Kier alpha value is -2.32. The highest BCUT2D eigenvalue weighted by Crippen LogP contribution is 2.19. The maximum Gasteiger partial charge on any atom is 0.242 e. The summed E-state index contributed by atoms with van der Waals surface area (Å²) in [6.45, 7) is 6.14. The number of halogens is 1. The van der Waals surface area contributed by atoms with Crippen LogP contribution in [0.15, 0.2) is 35.5 Å². The predicted molar refractivity (Wildman–Crippen MR) is 125 cm³/mol. The minimum Gasteiger partial charge on any atom is -0.368 e. The second kappa shape index (κ2) is 11.2. The molecule has 1 aromatic carbocycles. The zero-order valence-corrected chi connectivity index (χ0v) is 19.1. The van der Waals surface area contributed by atoms with E-state index in [1.165, 1.54) is 4.88 Å². The molecule has 1 amide bonds. The SMILES string of the molecule is CCc1cnc(CCNC(=NC)NCC(=O)N2CCN(c3ccc(Cl)cc3)CC2)s1. The van der Waals surface area contributed by atoms with Gasteiger partial charge in [-0.2, -0.15) is 0 Å². The number of anilines is 1. The maximum atomic E-state index is 12.6. The van der Waals surface area contributed by atoms with Gasteiger partial charge in [-0.3, -0.25) is 9.79 Å². The van der Waals surface area contributed by atoms with Crippen molar-refractivity contribution in [2.75, 3.05) is 51.2 Å². The lowest BCUT2D eigenvalue weighted by atomic mass is 10.2. The third-order valence-corrected chi connectivity index (χ3v) is 6.49. The molecule has 0 atom stereocenters. The van der Waals surface area contributed by atoms with E-state index in [9.17, 15) is 4.79 Å². The number of benzene rings is 1. The molecule has 1 aromatic heterocycles. The highest BCUT2D eigenvalue weighted by Gasteiger charge is 2.21. The number of amides is 1. The van der Waals surface area contributed by atoms with E-state index in [0.717, 1.165) is 48.2 Å². The smallest absolute Gasteiger partial charge is 0.242 e. The molecular weight excluding hydrogens is 420 g/mol. The van der Waals surface area contributed by atoms with Gasteiger partial charge in [0.25, 0.3) is 0 Å². The third-order valence-electron chi connectivity index (χ3n) is 5.04. The quantitative estimate of drug-likeness (QED) is 0.502. The first kappa shape index (κ1) is 22.4. The van der Waals surface area contributed by atoms with Crippen molar-refractivity contribution in [1.82, 2.24) is 20.5 Å². The number of carbonyl (C=O) groups excluding carboxylic acids is 1. The minimum atomic E-state index is 0.0845. The van der Waals surface area contributed by atoms with Crippen molar-refractivity contribution in [3.05, 3.63) is 45.4 Å². The summed E-state index contributed by atoms with van der Waals surface area (Å²) in [4.78, 5) is 26.7. The Kier molecular flexibility index (Phi) is 8.33. The number of aromatic nitrogens is 1. The molecule has 1 saturated heterocycles. The van der Waals surface area contributed by atoms with E-state index >= 15 is 0 Å². The number of thiazole rings is 1. The van der Waals surface area contributed by atoms with E-state index in [0.29, 0.717) is 19.0 Å². The van der Waals surface area contributed by atoms with Crippen molar-refractivity contribution in [3.63, 3.8) is 0 Å². The molecule has 0 radical (unpaired) electrons. The number of aliphatic imine (C=N–C) groups is 1. The van der Waals surface area contributed by atoms with Crippen LogP contribution < -0.4 is 15.5 Å². The van der Waals surface area contributed by atoms with Gasteiger partial charge in [-0.25, -0.2) is 4.98 Å². The molecule has 30 heavy (non-hydrogen) atoms. The van der Waals surface area contributed by atoms with Gasteiger partial charge in [-0.1, -0.05) is 18.5 Å². The van der Waals surface area contributed by atoms with Crippen molar-refractivity contribution in [3.8, 4) is 0 Å². The van der Waals surface area contributed by atoms with Crippen LogP contribution in [-0.2, 0) is 17.6 Å². The molecule has 2 aromatic rings. The van der Waals surface area contributed by atoms with E-state index in [-0.39, 0.29) is 12.5 Å². The van der Waals surface area contributed by atoms with Crippen LogP contribution in [0.25, 0.3) is 0 Å². The summed E-state index contributed by atoms with van der Waals surface area (Å²) in [5, 5.41) is 8.22. The fourth-order valence-corrected chi connectivity index (χ4v) is 4.26. The molecule has 3 rings (SSSR count). The van der Waals surface area contributed by atoms with Crippen LogP contribution in [0.4, 0.5) is 5.69 Å². The topological polar surface area (TPSA) is 72.9 Å². The molecule has 0 saturated carbocycles. The van der Waals surface area contributed by atoms with Crippen LogP contribution in [0.5, 0.6) is 0 Å². The highest BCUT2D eigenvalue weighted by molar-refractivity contribution is 7.11. The molecule has 1 aliphatic heterocycles. The van der Waals surface area contributed by atoms with Crippen LogP contribution in [-0.4, -0.2) is 68.1 Å². The number of nitrogens with one attached hydrogen (secondary N) is 2. The average Bonchev–Trinajstić information content (AvgIpc) is 3.24. The molecule has 9 heteroatoms. The molecule has 0 aliphatic carbocycles. The Morgan fingerprint density at radius 2 is 1.93 bits per heavy atom. The van der Waals surface area contributed by atoms with Crippen LogP contribution in [0, 0.1) is 0 Å². The van der Waals surface area contributed by atoms with Gasteiger partial charge < -0.3 is 20.4 Å². The fourth-order valence-electron chi connectivity index (χ4n) is 3.27. The van der Waals surface area contributed by atoms with E-state index < -0.39 is 0 Å². The van der Waals surface area contributed by atoms with Gasteiger partial charge in [-0.05, 0) is 30.7 Å². The largest absolute Gasteiger partial charge is 0.368 e. The first-order valence-electron chi connectivity index (χ1n) is 10.3. The van der Waals surface area contributed by atoms with Crippen molar-refractivity contribution < 1.29 is 4.79 Å². The average molecular weight is 449 g/mol. The molecule has 2 heterocycles. The lowest BCUT2D eigenvalue weighted by molar-refractivity contribution is -0.130. The molecule has 0 bridgehead atoms. The first-order chi connectivity index (χ1) is 14.6. The Morgan fingerprint density at radius 3 is 2.57 bits per heavy atom. The van der Waals surface area contributed by atoms with Gasteiger partial charge in [0, 0.05) is 68.0 Å². The van der Waals surface area contributed by atoms with E-state index in [1.54, 1.807) is 18.4 Å². The Labute approximate surface area is 187 Å². The van der Waals surface area contributed by atoms with Crippen molar-refractivity contribution >= 4 is 40.5 Å². The first-order valence-corrected chi connectivity index (χ1v) is 11.4. The summed E-state index contributed by atoms with van der Waals surface area (Å²) in [6.07, 6.45) is 3.80. The molecule has 162 valence electrons. The Bertz CT molecular complexity index is 845. The van der Waals surface area contributed by atoms with E-state index in [4.69, 9.17) is 11.6 Å². The lowest BCUT2D eigenvalue weighted by Gasteiger charge is -2.36. The number of hydrogen-bond acceptors (Lipinski definition) is 5. The van der Waals surface area contributed by atoms with Gasteiger partial charge in [0.2, 0.25) is 5.91 Å². The summed E-state index contributed by atoms with van der Waals surface area (Å²) in [5.74, 6) is 0.719. The Morgan fingerprint density at radius 1 is 1.20 bits per heavy atom. The summed E-state index contributed by atoms with van der Waals surface area (Å²) >= 11 is 7.71. The molecule has 0 unspecified atom stereocenters. The molecule has 7 nitrogen and oxygen atoms in total. The van der Waals surface area contributed by atoms with Crippen molar-refractivity contribution in [1.29, 1.82) is 0 Å². The number of rotatable bonds is 7. The lowest BCUT2D eigenvalue weighted by Crippen LogP contribution is -2.52.